The largest absolute Gasteiger partial charge is 0.486 e. The minimum atomic E-state index is 0.107. The Morgan fingerprint density at radius 3 is 2.68 bits per heavy atom. The van der Waals surface area contributed by atoms with Crippen LogP contribution in [0.2, 0.25) is 0 Å². The van der Waals surface area contributed by atoms with Crippen molar-refractivity contribution >= 4 is 5.57 Å². The average molecular weight is 252 g/mol. The van der Waals surface area contributed by atoms with Crippen molar-refractivity contribution in [3.63, 3.8) is 0 Å². The van der Waals surface area contributed by atoms with E-state index in [1.165, 1.54) is 23.1 Å². The summed E-state index contributed by atoms with van der Waals surface area (Å²) in [6, 6.07) is 8.51. The predicted octanol–water partition coefficient (Wildman–Crippen LogP) is 4.66. The number of ether oxygens (including phenoxy) is 1. The summed E-state index contributed by atoms with van der Waals surface area (Å²) in [5.74, 6) is 0.997. The van der Waals surface area contributed by atoms with E-state index >= 15 is 0 Å². The number of benzene rings is 1. The van der Waals surface area contributed by atoms with Crippen molar-refractivity contribution in [2.45, 2.75) is 38.2 Å². The van der Waals surface area contributed by atoms with Gasteiger partial charge >= 0.3 is 0 Å². The van der Waals surface area contributed by atoms with Gasteiger partial charge in [0.2, 0.25) is 0 Å². The van der Waals surface area contributed by atoms with Crippen molar-refractivity contribution in [3.8, 4) is 0 Å². The number of allylic oxidation sites excluding steroid dienone is 2. The zero-order chi connectivity index (χ0) is 13.2. The third-order valence-corrected chi connectivity index (χ3v) is 4.19. The first-order chi connectivity index (χ1) is 9.29. The summed E-state index contributed by atoms with van der Waals surface area (Å²) in [5, 5.41) is 0. The SMILES string of the molecule is C=CC(OC1CCc2ccccc2C1=C)=C1CCC1. The first kappa shape index (κ1) is 12.3. The second-order valence-corrected chi connectivity index (χ2v) is 5.35. The van der Waals surface area contributed by atoms with Gasteiger partial charge in [-0.05, 0) is 60.5 Å². The molecular formula is C18H20O. The lowest BCUT2D eigenvalue weighted by atomic mass is 9.86. The Morgan fingerprint density at radius 2 is 2.00 bits per heavy atom. The third kappa shape index (κ3) is 2.25. The Hall–Kier alpha value is -1.76. The highest BCUT2D eigenvalue weighted by atomic mass is 16.5. The molecule has 0 aromatic heterocycles. The van der Waals surface area contributed by atoms with Gasteiger partial charge < -0.3 is 4.74 Å². The van der Waals surface area contributed by atoms with Crippen molar-refractivity contribution in [1.29, 1.82) is 0 Å². The fourth-order valence-corrected chi connectivity index (χ4v) is 2.84. The standard InChI is InChI=1S/C18H20O/c1-3-17(15-8-6-9-15)19-18-12-11-14-7-4-5-10-16(14)13(18)2/h3-5,7,10,18H,1-2,6,8-9,11-12H2. The summed E-state index contributed by atoms with van der Waals surface area (Å²) in [4.78, 5) is 0. The molecule has 0 amide bonds. The van der Waals surface area contributed by atoms with Crippen LogP contribution in [0.1, 0.15) is 36.8 Å². The molecule has 1 saturated carbocycles. The molecule has 0 bridgehead atoms. The summed E-state index contributed by atoms with van der Waals surface area (Å²) in [5.41, 5.74) is 5.19. The summed E-state index contributed by atoms with van der Waals surface area (Å²) in [7, 11) is 0. The zero-order valence-corrected chi connectivity index (χ0v) is 11.3. The molecule has 98 valence electrons. The van der Waals surface area contributed by atoms with Gasteiger partial charge in [-0.1, -0.05) is 37.4 Å². The normalized spacial score (nSPS) is 21.4. The van der Waals surface area contributed by atoms with Crippen LogP contribution in [0.15, 0.2) is 54.8 Å². The van der Waals surface area contributed by atoms with Crippen LogP contribution in [0.3, 0.4) is 0 Å². The maximum absolute atomic E-state index is 6.18. The molecule has 2 aliphatic carbocycles. The number of rotatable bonds is 3. The lowest BCUT2D eigenvalue weighted by Crippen LogP contribution is -2.21. The fourth-order valence-electron chi connectivity index (χ4n) is 2.84. The monoisotopic (exact) mass is 252 g/mol. The Kier molecular flexibility index (Phi) is 3.29. The number of fused-ring (bicyclic) bond motifs is 1. The van der Waals surface area contributed by atoms with E-state index in [4.69, 9.17) is 4.74 Å². The Labute approximate surface area is 115 Å². The molecule has 0 spiro atoms. The molecule has 0 saturated heterocycles. The maximum atomic E-state index is 6.18. The molecule has 1 heteroatoms. The summed E-state index contributed by atoms with van der Waals surface area (Å²) < 4.78 is 6.18. The van der Waals surface area contributed by atoms with Crippen molar-refractivity contribution in [2.24, 2.45) is 0 Å². The first-order valence-corrected chi connectivity index (χ1v) is 7.08. The van der Waals surface area contributed by atoms with Gasteiger partial charge in [-0.3, -0.25) is 0 Å². The van der Waals surface area contributed by atoms with Crippen LogP contribution in [-0.4, -0.2) is 6.10 Å². The first-order valence-electron chi connectivity index (χ1n) is 7.08. The van der Waals surface area contributed by atoms with Crippen LogP contribution in [0.5, 0.6) is 0 Å². The summed E-state index contributed by atoms with van der Waals surface area (Å²) in [6.07, 6.45) is 7.66. The van der Waals surface area contributed by atoms with Gasteiger partial charge in [0, 0.05) is 0 Å². The third-order valence-electron chi connectivity index (χ3n) is 4.19. The lowest BCUT2D eigenvalue weighted by molar-refractivity contribution is 0.156. The van der Waals surface area contributed by atoms with Gasteiger partial charge in [0.25, 0.3) is 0 Å². The molecule has 0 heterocycles. The minimum absolute atomic E-state index is 0.107. The molecule has 0 radical (unpaired) electrons. The minimum Gasteiger partial charge on any atom is -0.486 e. The van der Waals surface area contributed by atoms with Gasteiger partial charge in [-0.15, -0.1) is 0 Å². The van der Waals surface area contributed by atoms with E-state index in [0.29, 0.717) is 0 Å². The second kappa shape index (κ2) is 5.08. The summed E-state index contributed by atoms with van der Waals surface area (Å²) >= 11 is 0. The zero-order valence-electron chi connectivity index (χ0n) is 11.3. The molecule has 19 heavy (non-hydrogen) atoms. The highest BCUT2D eigenvalue weighted by Gasteiger charge is 2.25. The highest BCUT2D eigenvalue weighted by Crippen LogP contribution is 2.35. The van der Waals surface area contributed by atoms with Crippen LogP contribution in [0.4, 0.5) is 0 Å². The Morgan fingerprint density at radius 1 is 1.21 bits per heavy atom. The van der Waals surface area contributed by atoms with Gasteiger partial charge in [0.05, 0.1) is 0 Å². The molecule has 1 aromatic rings. The van der Waals surface area contributed by atoms with E-state index in [0.717, 1.165) is 37.0 Å². The smallest absolute Gasteiger partial charge is 0.124 e. The molecule has 0 N–H and O–H groups in total. The van der Waals surface area contributed by atoms with E-state index < -0.39 is 0 Å². The van der Waals surface area contributed by atoms with Crippen molar-refractivity contribution in [2.75, 3.05) is 0 Å². The second-order valence-electron chi connectivity index (χ2n) is 5.35. The molecular weight excluding hydrogens is 232 g/mol. The van der Waals surface area contributed by atoms with E-state index in [1.54, 1.807) is 0 Å². The van der Waals surface area contributed by atoms with E-state index in [1.807, 2.05) is 6.08 Å². The number of aryl methyl sites for hydroxylation is 1. The van der Waals surface area contributed by atoms with Crippen molar-refractivity contribution < 1.29 is 4.74 Å². The number of hydrogen-bond acceptors (Lipinski definition) is 1. The topological polar surface area (TPSA) is 9.23 Å². The molecule has 0 aliphatic heterocycles. The highest BCUT2D eigenvalue weighted by molar-refractivity contribution is 5.71. The molecule has 1 aromatic carbocycles. The van der Waals surface area contributed by atoms with Crippen LogP contribution in [0.25, 0.3) is 5.57 Å². The fraction of sp³-hybridized carbons (Fsp3) is 0.333. The van der Waals surface area contributed by atoms with Gasteiger partial charge in [0.1, 0.15) is 11.9 Å². The molecule has 3 rings (SSSR count). The average Bonchev–Trinajstić information content (AvgIpc) is 2.39. The summed E-state index contributed by atoms with van der Waals surface area (Å²) in [6.45, 7) is 8.13. The van der Waals surface area contributed by atoms with Gasteiger partial charge in [-0.2, -0.15) is 0 Å². The van der Waals surface area contributed by atoms with Crippen LogP contribution >= 0.6 is 0 Å². The molecule has 1 atom stereocenters. The lowest BCUT2D eigenvalue weighted by Gasteiger charge is -2.30. The molecule has 2 aliphatic rings. The predicted molar refractivity (Wildman–Crippen MR) is 79.7 cm³/mol. The molecule has 1 fully saturated rings. The van der Waals surface area contributed by atoms with Crippen molar-refractivity contribution in [1.82, 2.24) is 0 Å². The Bertz CT molecular complexity index is 545. The van der Waals surface area contributed by atoms with Crippen LogP contribution < -0.4 is 0 Å². The van der Waals surface area contributed by atoms with E-state index in [9.17, 15) is 0 Å². The van der Waals surface area contributed by atoms with Crippen LogP contribution in [-0.2, 0) is 11.2 Å². The molecule has 1 unspecified atom stereocenters. The van der Waals surface area contributed by atoms with Gasteiger partial charge in [-0.25, -0.2) is 0 Å². The Balaban J connectivity index is 1.81. The maximum Gasteiger partial charge on any atom is 0.124 e. The van der Waals surface area contributed by atoms with Crippen LogP contribution in [0, 0.1) is 0 Å². The van der Waals surface area contributed by atoms with Crippen molar-refractivity contribution in [3.05, 3.63) is 66.0 Å². The van der Waals surface area contributed by atoms with E-state index in [2.05, 4.69) is 37.4 Å². The van der Waals surface area contributed by atoms with Gasteiger partial charge in [0.15, 0.2) is 0 Å². The molecule has 1 nitrogen and oxygen atoms in total. The quantitative estimate of drug-likeness (QED) is 0.711. The van der Waals surface area contributed by atoms with E-state index in [-0.39, 0.29) is 6.10 Å². The number of hydrogen-bond donors (Lipinski definition) is 0.